The third kappa shape index (κ3) is 2.61. The number of ether oxygens (including phenoxy) is 1. The number of rotatable bonds is 3. The van der Waals surface area contributed by atoms with E-state index in [0.29, 0.717) is 17.1 Å². The zero-order valence-corrected chi connectivity index (χ0v) is 13.7. The van der Waals surface area contributed by atoms with Crippen molar-refractivity contribution < 1.29 is 20.1 Å². The molecule has 4 rings (SSSR count). The number of nitrogens with zero attached hydrogens (tertiary/aromatic N) is 5. The highest BCUT2D eigenvalue weighted by Crippen LogP contribution is 2.36. The van der Waals surface area contributed by atoms with Crippen LogP contribution in [0.2, 0.25) is 0 Å². The summed E-state index contributed by atoms with van der Waals surface area (Å²) in [4.78, 5) is 14.9. The highest BCUT2D eigenvalue weighted by molar-refractivity contribution is 5.84. The summed E-state index contributed by atoms with van der Waals surface area (Å²) in [7, 11) is 0. The number of nitrogen functional groups attached to an aromatic ring is 1. The van der Waals surface area contributed by atoms with E-state index in [0.717, 1.165) is 32.4 Å². The van der Waals surface area contributed by atoms with E-state index in [1.165, 1.54) is 6.33 Å². The second-order valence-electron chi connectivity index (χ2n) is 6.49. The summed E-state index contributed by atoms with van der Waals surface area (Å²) in [5.74, 6) is 0.825. The van der Waals surface area contributed by atoms with Crippen LogP contribution in [0.5, 0.6) is 0 Å². The Morgan fingerprint density at radius 2 is 1.92 bits per heavy atom. The van der Waals surface area contributed by atoms with Gasteiger partial charge in [0.2, 0.25) is 5.95 Å². The molecule has 10 nitrogen and oxygen atoms in total. The van der Waals surface area contributed by atoms with Crippen LogP contribution in [0.15, 0.2) is 6.33 Å². The lowest BCUT2D eigenvalue weighted by atomic mass is 10.1. The van der Waals surface area contributed by atoms with Gasteiger partial charge in [-0.1, -0.05) is 0 Å². The third-order valence-corrected chi connectivity index (χ3v) is 4.90. The summed E-state index contributed by atoms with van der Waals surface area (Å²) < 4.78 is 7.36. The Labute approximate surface area is 143 Å². The lowest BCUT2D eigenvalue weighted by Gasteiger charge is -2.30. The van der Waals surface area contributed by atoms with Gasteiger partial charge >= 0.3 is 0 Å². The molecule has 0 aromatic carbocycles. The zero-order valence-electron chi connectivity index (χ0n) is 13.7. The zero-order chi connectivity index (χ0) is 17.6. The van der Waals surface area contributed by atoms with E-state index in [2.05, 4.69) is 19.9 Å². The Morgan fingerprint density at radius 1 is 1.16 bits per heavy atom. The Balaban J connectivity index is 1.84. The number of aromatic nitrogens is 4. The van der Waals surface area contributed by atoms with Gasteiger partial charge in [-0.25, -0.2) is 15.0 Å². The molecule has 0 bridgehead atoms. The molecule has 0 saturated carbocycles. The first-order valence-electron chi connectivity index (χ1n) is 8.47. The van der Waals surface area contributed by atoms with Gasteiger partial charge in [-0.2, -0.15) is 0 Å². The van der Waals surface area contributed by atoms with Crippen LogP contribution in [0.1, 0.15) is 25.5 Å². The van der Waals surface area contributed by atoms with E-state index < -0.39 is 31.1 Å². The van der Waals surface area contributed by atoms with Gasteiger partial charge in [0.1, 0.15) is 24.6 Å². The molecule has 0 amide bonds. The largest absolute Gasteiger partial charge is 0.394 e. The van der Waals surface area contributed by atoms with Crippen molar-refractivity contribution in [2.75, 3.05) is 30.3 Å². The monoisotopic (exact) mass is 350 g/mol. The quantitative estimate of drug-likeness (QED) is 0.548. The molecule has 0 aliphatic carbocycles. The summed E-state index contributed by atoms with van der Waals surface area (Å²) in [5, 5.41) is 29.9. The second-order valence-corrected chi connectivity index (χ2v) is 6.49. The number of hydrogen-bond acceptors (Lipinski definition) is 9. The molecule has 2 aromatic heterocycles. The highest BCUT2D eigenvalue weighted by atomic mass is 16.6. The van der Waals surface area contributed by atoms with E-state index >= 15 is 0 Å². The molecule has 5 N–H and O–H groups in total. The van der Waals surface area contributed by atoms with Gasteiger partial charge in [0, 0.05) is 13.1 Å². The van der Waals surface area contributed by atoms with Crippen LogP contribution in [-0.4, -0.2) is 72.8 Å². The summed E-state index contributed by atoms with van der Waals surface area (Å²) >= 11 is 0. The molecule has 2 aliphatic rings. The van der Waals surface area contributed by atoms with Crippen LogP contribution < -0.4 is 10.6 Å². The molecule has 10 heteroatoms. The minimum Gasteiger partial charge on any atom is -0.394 e. The number of aliphatic hydroxyl groups is 3. The topological polar surface area (TPSA) is 143 Å². The van der Waals surface area contributed by atoms with Crippen LogP contribution in [0.4, 0.5) is 11.8 Å². The van der Waals surface area contributed by atoms with E-state index in [1.54, 1.807) is 4.57 Å². The smallest absolute Gasteiger partial charge is 0.210 e. The van der Waals surface area contributed by atoms with Gasteiger partial charge < -0.3 is 30.7 Å². The van der Waals surface area contributed by atoms with Crippen LogP contribution in [-0.2, 0) is 4.74 Å². The average molecular weight is 350 g/mol. The van der Waals surface area contributed by atoms with Gasteiger partial charge in [-0.05, 0) is 19.3 Å². The Morgan fingerprint density at radius 3 is 2.60 bits per heavy atom. The SMILES string of the molecule is Nc1ncnc2c1nc(N1CCCCC1)n2[C@@H]1O[C@@H](CO)[C@@H](O)[C@@H]1O. The fraction of sp³-hybridized carbons (Fsp3) is 0.667. The van der Waals surface area contributed by atoms with Gasteiger partial charge in [-0.3, -0.25) is 4.57 Å². The minimum absolute atomic E-state index is 0.244. The predicted octanol–water partition coefficient (Wildman–Crippen LogP) is -0.990. The van der Waals surface area contributed by atoms with Gasteiger partial charge in [0.05, 0.1) is 6.61 Å². The van der Waals surface area contributed by atoms with E-state index in [1.807, 2.05) is 0 Å². The van der Waals surface area contributed by atoms with Crippen LogP contribution >= 0.6 is 0 Å². The Hall–Kier alpha value is -2.01. The number of imidazole rings is 1. The summed E-state index contributed by atoms with van der Waals surface area (Å²) in [5.41, 5.74) is 6.81. The molecule has 4 heterocycles. The number of hydrogen-bond donors (Lipinski definition) is 4. The van der Waals surface area contributed by atoms with Crippen molar-refractivity contribution in [3.8, 4) is 0 Å². The summed E-state index contributed by atoms with van der Waals surface area (Å²) in [6.07, 6.45) is 0.383. The molecule has 136 valence electrons. The van der Waals surface area contributed by atoms with E-state index in [4.69, 9.17) is 10.5 Å². The first kappa shape index (κ1) is 16.5. The average Bonchev–Trinajstić information content (AvgIpc) is 3.15. The molecule has 4 atom stereocenters. The Kier molecular flexibility index (Phi) is 4.20. The normalized spacial score (nSPS) is 30.3. The first-order valence-corrected chi connectivity index (χ1v) is 8.47. The van der Waals surface area contributed by atoms with Crippen LogP contribution in [0, 0.1) is 0 Å². The molecule has 0 spiro atoms. The predicted molar refractivity (Wildman–Crippen MR) is 88.8 cm³/mol. The molecule has 0 radical (unpaired) electrons. The number of piperidine rings is 1. The molecular weight excluding hydrogens is 328 g/mol. The molecule has 2 aromatic rings. The van der Waals surface area contributed by atoms with Crippen LogP contribution in [0.3, 0.4) is 0 Å². The number of fused-ring (bicyclic) bond motifs is 1. The van der Waals surface area contributed by atoms with Crippen molar-refractivity contribution in [3.05, 3.63) is 6.33 Å². The van der Waals surface area contributed by atoms with E-state index in [9.17, 15) is 15.3 Å². The number of aliphatic hydroxyl groups excluding tert-OH is 3. The standard InChI is InChI=1S/C15H22N6O4/c16-12-9-13(18-7-17-12)21(14-11(24)10(23)8(6-22)25-14)15(19-9)20-4-2-1-3-5-20/h7-8,10-11,14,22-24H,1-6H2,(H2,16,17,18)/t8-,10+,11-,14+/m0/s1. The van der Waals surface area contributed by atoms with Crippen molar-refractivity contribution in [2.24, 2.45) is 0 Å². The van der Waals surface area contributed by atoms with E-state index in [-0.39, 0.29) is 5.82 Å². The number of nitrogens with two attached hydrogens (primary N) is 1. The van der Waals surface area contributed by atoms with Gasteiger partial charge in [-0.15, -0.1) is 0 Å². The van der Waals surface area contributed by atoms with Crippen molar-refractivity contribution in [2.45, 2.75) is 43.8 Å². The maximum Gasteiger partial charge on any atom is 0.210 e. The fourth-order valence-electron chi connectivity index (χ4n) is 3.56. The molecule has 2 aliphatic heterocycles. The molecule has 2 saturated heterocycles. The Bertz CT molecular complexity index is 762. The third-order valence-electron chi connectivity index (χ3n) is 4.90. The maximum atomic E-state index is 10.5. The molecular formula is C15H22N6O4. The minimum atomic E-state index is -1.21. The maximum absolute atomic E-state index is 10.5. The van der Waals surface area contributed by atoms with Crippen molar-refractivity contribution >= 4 is 22.9 Å². The number of anilines is 2. The van der Waals surface area contributed by atoms with Crippen molar-refractivity contribution in [1.82, 2.24) is 19.5 Å². The van der Waals surface area contributed by atoms with Gasteiger partial charge in [0.25, 0.3) is 0 Å². The summed E-state index contributed by atoms with van der Waals surface area (Å²) in [6, 6.07) is 0. The molecule has 25 heavy (non-hydrogen) atoms. The molecule has 2 fully saturated rings. The lowest BCUT2D eigenvalue weighted by Crippen LogP contribution is -2.35. The fourth-order valence-corrected chi connectivity index (χ4v) is 3.56. The molecule has 0 unspecified atom stereocenters. The lowest BCUT2D eigenvalue weighted by molar-refractivity contribution is -0.0504. The van der Waals surface area contributed by atoms with Crippen molar-refractivity contribution in [3.63, 3.8) is 0 Å². The first-order chi connectivity index (χ1) is 12.1. The summed E-state index contributed by atoms with van der Waals surface area (Å²) in [6.45, 7) is 1.26. The van der Waals surface area contributed by atoms with Crippen molar-refractivity contribution in [1.29, 1.82) is 0 Å². The highest BCUT2D eigenvalue weighted by Gasteiger charge is 2.45. The second kappa shape index (κ2) is 6.37. The van der Waals surface area contributed by atoms with Crippen LogP contribution in [0.25, 0.3) is 11.2 Å². The van der Waals surface area contributed by atoms with Gasteiger partial charge in [0.15, 0.2) is 23.2 Å².